The Bertz CT molecular complexity index is 674. The van der Waals surface area contributed by atoms with Crippen molar-refractivity contribution >= 4 is 16.0 Å². The molecular formula is C15H22N2O4S. The first-order chi connectivity index (χ1) is 10.2. The molecule has 1 aromatic carbocycles. The second kappa shape index (κ2) is 5.98. The lowest BCUT2D eigenvalue weighted by Gasteiger charge is -2.29. The Morgan fingerprint density at radius 2 is 2.05 bits per heavy atom. The van der Waals surface area contributed by atoms with Gasteiger partial charge in [-0.2, -0.15) is 0 Å². The largest absolute Gasteiger partial charge is 0.478 e. The molecule has 0 aromatic heterocycles. The van der Waals surface area contributed by atoms with E-state index < -0.39 is 16.0 Å². The molecule has 1 heterocycles. The minimum absolute atomic E-state index is 0.116. The molecule has 2 rings (SSSR count). The van der Waals surface area contributed by atoms with Crippen LogP contribution in [0.15, 0.2) is 29.2 Å². The summed E-state index contributed by atoms with van der Waals surface area (Å²) in [4.78, 5) is 13.3. The van der Waals surface area contributed by atoms with Crippen LogP contribution in [0.4, 0.5) is 0 Å². The normalized spacial score (nSPS) is 23.1. The minimum atomic E-state index is -3.82. The van der Waals surface area contributed by atoms with Crippen molar-refractivity contribution in [2.24, 2.45) is 5.41 Å². The molecule has 1 fully saturated rings. The summed E-state index contributed by atoms with van der Waals surface area (Å²) in [6.07, 6.45) is 0.921. The molecule has 1 N–H and O–H groups in total. The lowest BCUT2D eigenvalue weighted by atomic mass is 9.90. The quantitative estimate of drug-likeness (QED) is 0.883. The van der Waals surface area contributed by atoms with Gasteiger partial charge < -0.3 is 10.0 Å². The van der Waals surface area contributed by atoms with Crippen molar-refractivity contribution in [2.45, 2.75) is 18.2 Å². The average Bonchev–Trinajstić information content (AvgIpc) is 2.77. The second-order valence-corrected chi connectivity index (χ2v) is 8.37. The maximum atomic E-state index is 12.7. The van der Waals surface area contributed by atoms with Crippen molar-refractivity contribution in [3.05, 3.63) is 29.8 Å². The summed E-state index contributed by atoms with van der Waals surface area (Å²) in [5.74, 6) is -1.24. The van der Waals surface area contributed by atoms with E-state index in [1.807, 2.05) is 7.05 Å². The number of sulfonamides is 1. The fraction of sp³-hybridized carbons (Fsp3) is 0.533. The molecule has 0 aliphatic carbocycles. The first-order valence-electron chi connectivity index (χ1n) is 7.13. The molecule has 0 amide bonds. The van der Waals surface area contributed by atoms with Crippen LogP contribution in [0.5, 0.6) is 0 Å². The predicted octanol–water partition coefficient (Wildman–Crippen LogP) is 1.35. The smallest absolute Gasteiger partial charge is 0.337 e. The zero-order chi connectivity index (χ0) is 16.5. The van der Waals surface area contributed by atoms with Gasteiger partial charge in [0.15, 0.2) is 0 Å². The predicted molar refractivity (Wildman–Crippen MR) is 83.4 cm³/mol. The Kier molecular flexibility index (Phi) is 4.60. The van der Waals surface area contributed by atoms with Crippen molar-refractivity contribution in [1.82, 2.24) is 9.21 Å². The molecule has 22 heavy (non-hydrogen) atoms. The first-order valence-corrected chi connectivity index (χ1v) is 8.57. The molecule has 1 aliphatic heterocycles. The summed E-state index contributed by atoms with van der Waals surface area (Å²) in [5, 5.41) is 9.19. The first kappa shape index (κ1) is 16.9. The van der Waals surface area contributed by atoms with Crippen LogP contribution in [0, 0.1) is 5.41 Å². The van der Waals surface area contributed by atoms with Gasteiger partial charge in [-0.3, -0.25) is 0 Å². The van der Waals surface area contributed by atoms with Gasteiger partial charge in [0.25, 0.3) is 0 Å². The van der Waals surface area contributed by atoms with E-state index in [0.717, 1.165) is 19.5 Å². The van der Waals surface area contributed by atoms with Crippen molar-refractivity contribution in [3.8, 4) is 0 Å². The number of benzene rings is 1. The zero-order valence-corrected chi connectivity index (χ0v) is 13.9. The van der Waals surface area contributed by atoms with Gasteiger partial charge in [0.2, 0.25) is 10.0 Å². The lowest BCUT2D eigenvalue weighted by Crippen LogP contribution is -2.39. The third-order valence-electron chi connectivity index (χ3n) is 4.16. The van der Waals surface area contributed by atoms with Crippen LogP contribution in [-0.2, 0) is 10.0 Å². The molecule has 0 bridgehead atoms. The van der Waals surface area contributed by atoms with Crippen molar-refractivity contribution in [2.75, 3.05) is 33.7 Å². The van der Waals surface area contributed by atoms with Gasteiger partial charge >= 0.3 is 5.97 Å². The van der Waals surface area contributed by atoms with Gasteiger partial charge in [-0.25, -0.2) is 17.5 Å². The Hall–Kier alpha value is -1.44. The fourth-order valence-corrected chi connectivity index (χ4v) is 4.56. The molecule has 1 atom stereocenters. The number of hydrogen-bond donors (Lipinski definition) is 1. The summed E-state index contributed by atoms with van der Waals surface area (Å²) < 4.78 is 26.7. The van der Waals surface area contributed by atoms with Gasteiger partial charge in [-0.1, -0.05) is 19.1 Å². The molecule has 6 nitrogen and oxygen atoms in total. The lowest BCUT2D eigenvalue weighted by molar-refractivity contribution is 0.0692. The third-order valence-corrected chi connectivity index (χ3v) is 6.02. The molecule has 0 spiro atoms. The van der Waals surface area contributed by atoms with Gasteiger partial charge in [0.1, 0.15) is 0 Å². The molecule has 122 valence electrons. The molecule has 0 saturated carbocycles. The van der Waals surface area contributed by atoms with Crippen molar-refractivity contribution in [1.29, 1.82) is 0 Å². The standard InChI is InChI=1S/C15H22N2O4S/c1-15(8-9-16(2)10-15)11-17(3)22(20,21)13-7-5-4-6-12(13)14(18)19/h4-7H,8-11H2,1-3H3,(H,18,19). The van der Waals surface area contributed by atoms with Gasteiger partial charge in [-0.05, 0) is 37.6 Å². The maximum Gasteiger partial charge on any atom is 0.337 e. The second-order valence-electron chi connectivity index (χ2n) is 6.36. The number of nitrogens with zero attached hydrogens (tertiary/aromatic N) is 2. The molecule has 7 heteroatoms. The van der Waals surface area contributed by atoms with E-state index in [9.17, 15) is 18.3 Å². The maximum absolute atomic E-state index is 12.7. The van der Waals surface area contributed by atoms with E-state index in [0.29, 0.717) is 6.54 Å². The number of aromatic carboxylic acids is 1. The number of carbonyl (C=O) groups is 1. The minimum Gasteiger partial charge on any atom is -0.478 e. The SMILES string of the molecule is CN1CCC(C)(CN(C)S(=O)(=O)c2ccccc2C(=O)O)C1. The van der Waals surface area contributed by atoms with E-state index in [4.69, 9.17) is 0 Å². The fourth-order valence-electron chi connectivity index (χ4n) is 3.06. The van der Waals surface area contributed by atoms with Crippen LogP contribution in [0.3, 0.4) is 0 Å². The van der Waals surface area contributed by atoms with Crippen LogP contribution >= 0.6 is 0 Å². The van der Waals surface area contributed by atoms with Crippen LogP contribution in [0.25, 0.3) is 0 Å². The Morgan fingerprint density at radius 1 is 1.41 bits per heavy atom. The topological polar surface area (TPSA) is 77.9 Å². The molecule has 1 saturated heterocycles. The number of carboxylic acids is 1. The number of carboxylic acid groups (broad SMARTS) is 1. The van der Waals surface area contributed by atoms with Crippen LogP contribution in [0.1, 0.15) is 23.7 Å². The van der Waals surface area contributed by atoms with Crippen LogP contribution < -0.4 is 0 Å². The van der Waals surface area contributed by atoms with Gasteiger partial charge in [0.05, 0.1) is 10.5 Å². The summed E-state index contributed by atoms with van der Waals surface area (Å²) >= 11 is 0. The van der Waals surface area contributed by atoms with E-state index in [-0.39, 0.29) is 15.9 Å². The van der Waals surface area contributed by atoms with E-state index >= 15 is 0 Å². The molecule has 1 aromatic rings. The average molecular weight is 326 g/mol. The van der Waals surface area contributed by atoms with Gasteiger partial charge in [0, 0.05) is 20.1 Å². The highest BCUT2D eigenvalue weighted by Crippen LogP contribution is 2.31. The van der Waals surface area contributed by atoms with Crippen molar-refractivity contribution in [3.63, 3.8) is 0 Å². The Balaban J connectivity index is 2.29. The highest BCUT2D eigenvalue weighted by atomic mass is 32.2. The molecule has 0 radical (unpaired) electrons. The van der Waals surface area contributed by atoms with Gasteiger partial charge in [-0.15, -0.1) is 0 Å². The monoisotopic (exact) mass is 326 g/mol. The summed E-state index contributed by atoms with van der Waals surface area (Å²) in [6.45, 7) is 4.20. The van der Waals surface area contributed by atoms with E-state index in [2.05, 4.69) is 11.8 Å². The number of likely N-dealkylation sites (tertiary alicyclic amines) is 1. The van der Waals surface area contributed by atoms with Crippen LogP contribution in [0.2, 0.25) is 0 Å². The molecule has 1 unspecified atom stereocenters. The molecule has 1 aliphatic rings. The van der Waals surface area contributed by atoms with Crippen LogP contribution in [-0.4, -0.2) is 62.4 Å². The summed E-state index contributed by atoms with van der Waals surface area (Å²) in [5.41, 5.74) is -0.308. The zero-order valence-electron chi connectivity index (χ0n) is 13.1. The Labute approximate surface area is 131 Å². The number of hydrogen-bond acceptors (Lipinski definition) is 4. The summed E-state index contributed by atoms with van der Waals surface area (Å²) in [6, 6.07) is 5.72. The Morgan fingerprint density at radius 3 is 2.59 bits per heavy atom. The third kappa shape index (κ3) is 3.31. The highest BCUT2D eigenvalue weighted by Gasteiger charge is 2.37. The number of rotatable bonds is 5. The van der Waals surface area contributed by atoms with E-state index in [1.165, 1.54) is 35.6 Å². The molecular weight excluding hydrogens is 304 g/mol. The van der Waals surface area contributed by atoms with E-state index in [1.54, 1.807) is 0 Å². The summed E-state index contributed by atoms with van der Waals surface area (Å²) in [7, 11) is -0.299. The van der Waals surface area contributed by atoms with Crippen molar-refractivity contribution < 1.29 is 18.3 Å². The highest BCUT2D eigenvalue weighted by molar-refractivity contribution is 7.89.